The Bertz CT molecular complexity index is 263. The van der Waals surface area contributed by atoms with Crippen molar-refractivity contribution in [2.75, 3.05) is 0 Å². The molecule has 2 unspecified atom stereocenters. The lowest BCUT2D eigenvalue weighted by Gasteiger charge is -2.27. The molecule has 1 aliphatic carbocycles. The molecule has 0 aliphatic heterocycles. The van der Waals surface area contributed by atoms with Gasteiger partial charge in [0.1, 0.15) is 0 Å². The molecule has 0 aromatic carbocycles. The van der Waals surface area contributed by atoms with E-state index in [1.165, 1.54) is 0 Å². The van der Waals surface area contributed by atoms with Gasteiger partial charge in [-0.25, -0.2) is 0 Å². The normalized spacial score (nSPS) is 32.7. The highest BCUT2D eigenvalue weighted by Gasteiger charge is 2.70. The van der Waals surface area contributed by atoms with E-state index in [1.807, 2.05) is 0 Å². The molecule has 1 saturated carbocycles. The summed E-state index contributed by atoms with van der Waals surface area (Å²) in [6, 6.07) is 0. The van der Waals surface area contributed by atoms with Crippen molar-refractivity contribution < 1.29 is 19.8 Å². The van der Waals surface area contributed by atoms with Crippen LogP contribution in [0.15, 0.2) is 0 Å². The van der Waals surface area contributed by atoms with Gasteiger partial charge in [0.2, 0.25) is 0 Å². The number of hydrogen-bond acceptors (Lipinski definition) is 2. The topological polar surface area (TPSA) is 74.6 Å². The van der Waals surface area contributed by atoms with Crippen LogP contribution in [0.3, 0.4) is 0 Å². The number of aliphatic carboxylic acids is 2. The molecular weight excluding hydrogens is 172 g/mol. The van der Waals surface area contributed by atoms with Gasteiger partial charge in [-0.1, -0.05) is 20.8 Å². The van der Waals surface area contributed by atoms with E-state index in [9.17, 15) is 9.59 Å². The highest BCUT2D eigenvalue weighted by atomic mass is 16.4. The van der Waals surface area contributed by atoms with Gasteiger partial charge in [-0.2, -0.15) is 0 Å². The van der Waals surface area contributed by atoms with Crippen LogP contribution in [0.25, 0.3) is 0 Å². The van der Waals surface area contributed by atoms with Crippen molar-refractivity contribution in [2.24, 2.45) is 16.7 Å². The molecule has 0 radical (unpaired) electrons. The molecule has 4 nitrogen and oxygen atoms in total. The maximum Gasteiger partial charge on any atom is 0.311 e. The standard InChI is InChI=1S/C9H14O4/c1-8(2,3)9(7(12)13)4-5(9)6(10)11/h5H,4H2,1-3H3,(H,10,11)(H,12,13). The molecule has 0 saturated heterocycles. The molecule has 1 fully saturated rings. The third kappa shape index (κ3) is 1.20. The molecule has 74 valence electrons. The van der Waals surface area contributed by atoms with Gasteiger partial charge in [0, 0.05) is 0 Å². The maximum atomic E-state index is 11.0. The summed E-state index contributed by atoms with van der Waals surface area (Å²) in [7, 11) is 0. The summed E-state index contributed by atoms with van der Waals surface area (Å²) in [5.74, 6) is -2.71. The largest absolute Gasteiger partial charge is 0.481 e. The summed E-state index contributed by atoms with van der Waals surface area (Å²) in [5.41, 5.74) is -1.55. The van der Waals surface area contributed by atoms with Crippen LogP contribution < -0.4 is 0 Å². The summed E-state index contributed by atoms with van der Waals surface area (Å²) in [6.45, 7) is 5.30. The highest BCUT2D eigenvalue weighted by Crippen LogP contribution is 2.63. The Morgan fingerprint density at radius 3 is 1.85 bits per heavy atom. The summed E-state index contributed by atoms with van der Waals surface area (Å²) in [4.78, 5) is 21.6. The predicted octanol–water partition coefficient (Wildman–Crippen LogP) is 1.21. The lowest BCUT2D eigenvalue weighted by molar-refractivity contribution is -0.153. The van der Waals surface area contributed by atoms with E-state index < -0.39 is 28.7 Å². The van der Waals surface area contributed by atoms with Crippen LogP contribution in [0.5, 0.6) is 0 Å². The second-order valence-electron chi connectivity index (χ2n) is 4.62. The van der Waals surface area contributed by atoms with Crippen molar-refractivity contribution in [3.63, 3.8) is 0 Å². The molecule has 0 spiro atoms. The Hall–Kier alpha value is -1.06. The average Bonchev–Trinajstić information content (AvgIpc) is 2.57. The molecule has 1 aliphatic rings. The zero-order valence-electron chi connectivity index (χ0n) is 8.00. The molecule has 0 bridgehead atoms. The van der Waals surface area contributed by atoms with Crippen LogP contribution in [0.4, 0.5) is 0 Å². The SMILES string of the molecule is CC(C)(C)C1(C(=O)O)CC1C(=O)O. The summed E-state index contributed by atoms with van der Waals surface area (Å²) in [6.07, 6.45) is 0.251. The van der Waals surface area contributed by atoms with Crippen LogP contribution in [-0.4, -0.2) is 22.2 Å². The fourth-order valence-corrected chi connectivity index (χ4v) is 1.95. The van der Waals surface area contributed by atoms with Crippen molar-refractivity contribution in [3.05, 3.63) is 0 Å². The predicted molar refractivity (Wildman–Crippen MR) is 45.3 cm³/mol. The molecule has 0 amide bonds. The first-order valence-electron chi connectivity index (χ1n) is 4.19. The number of carbonyl (C=O) groups is 2. The van der Waals surface area contributed by atoms with E-state index in [4.69, 9.17) is 10.2 Å². The van der Waals surface area contributed by atoms with Gasteiger partial charge in [0.05, 0.1) is 11.3 Å². The second-order valence-corrected chi connectivity index (χ2v) is 4.62. The van der Waals surface area contributed by atoms with Gasteiger partial charge in [-0.15, -0.1) is 0 Å². The molecule has 0 heterocycles. The molecule has 0 aromatic rings. The van der Waals surface area contributed by atoms with Gasteiger partial charge < -0.3 is 10.2 Å². The first-order chi connectivity index (χ1) is 5.73. The molecule has 13 heavy (non-hydrogen) atoms. The van der Waals surface area contributed by atoms with Gasteiger partial charge in [-0.05, 0) is 11.8 Å². The van der Waals surface area contributed by atoms with E-state index in [1.54, 1.807) is 20.8 Å². The Kier molecular flexibility index (Phi) is 1.90. The van der Waals surface area contributed by atoms with Crippen molar-refractivity contribution in [1.29, 1.82) is 0 Å². The average molecular weight is 186 g/mol. The Labute approximate surface area is 76.6 Å². The fraction of sp³-hybridized carbons (Fsp3) is 0.778. The van der Waals surface area contributed by atoms with Gasteiger partial charge in [0.25, 0.3) is 0 Å². The molecule has 4 heteroatoms. The highest BCUT2D eigenvalue weighted by molar-refractivity contribution is 5.90. The molecule has 2 N–H and O–H groups in total. The number of rotatable bonds is 2. The second kappa shape index (κ2) is 2.47. The van der Waals surface area contributed by atoms with E-state index in [-0.39, 0.29) is 6.42 Å². The lowest BCUT2D eigenvalue weighted by Crippen LogP contribution is -2.34. The van der Waals surface area contributed by atoms with Gasteiger partial charge in [0.15, 0.2) is 0 Å². The van der Waals surface area contributed by atoms with Crippen molar-refractivity contribution in [1.82, 2.24) is 0 Å². The van der Waals surface area contributed by atoms with E-state index in [0.717, 1.165) is 0 Å². The van der Waals surface area contributed by atoms with Crippen LogP contribution >= 0.6 is 0 Å². The zero-order valence-corrected chi connectivity index (χ0v) is 8.00. The van der Waals surface area contributed by atoms with Crippen LogP contribution in [-0.2, 0) is 9.59 Å². The fourth-order valence-electron chi connectivity index (χ4n) is 1.95. The van der Waals surface area contributed by atoms with Crippen LogP contribution in [0, 0.1) is 16.7 Å². The van der Waals surface area contributed by atoms with Gasteiger partial charge in [-0.3, -0.25) is 9.59 Å². The van der Waals surface area contributed by atoms with E-state index >= 15 is 0 Å². The Balaban J connectivity index is 2.97. The Morgan fingerprint density at radius 1 is 1.31 bits per heavy atom. The third-order valence-electron chi connectivity index (χ3n) is 2.98. The quantitative estimate of drug-likeness (QED) is 0.679. The maximum absolute atomic E-state index is 11.0. The minimum absolute atomic E-state index is 0.251. The summed E-state index contributed by atoms with van der Waals surface area (Å²) < 4.78 is 0. The van der Waals surface area contributed by atoms with Gasteiger partial charge >= 0.3 is 11.9 Å². The zero-order chi connectivity index (χ0) is 10.4. The smallest absolute Gasteiger partial charge is 0.311 e. The number of carboxylic acid groups (broad SMARTS) is 2. The molecule has 0 aromatic heterocycles. The summed E-state index contributed by atoms with van der Waals surface area (Å²) in [5, 5.41) is 17.7. The number of carboxylic acids is 2. The van der Waals surface area contributed by atoms with Crippen molar-refractivity contribution >= 4 is 11.9 Å². The van der Waals surface area contributed by atoms with Crippen LogP contribution in [0.2, 0.25) is 0 Å². The van der Waals surface area contributed by atoms with E-state index in [2.05, 4.69) is 0 Å². The Morgan fingerprint density at radius 2 is 1.77 bits per heavy atom. The number of hydrogen-bond donors (Lipinski definition) is 2. The minimum atomic E-state index is -1.06. The third-order valence-corrected chi connectivity index (χ3v) is 2.98. The lowest BCUT2D eigenvalue weighted by atomic mass is 9.76. The van der Waals surface area contributed by atoms with E-state index in [0.29, 0.717) is 0 Å². The van der Waals surface area contributed by atoms with Crippen LogP contribution in [0.1, 0.15) is 27.2 Å². The minimum Gasteiger partial charge on any atom is -0.481 e. The first kappa shape index (κ1) is 10.0. The molecule has 1 rings (SSSR count). The van der Waals surface area contributed by atoms with Crippen molar-refractivity contribution in [3.8, 4) is 0 Å². The molecule has 2 atom stereocenters. The van der Waals surface area contributed by atoms with Crippen molar-refractivity contribution in [2.45, 2.75) is 27.2 Å². The monoisotopic (exact) mass is 186 g/mol. The molecular formula is C9H14O4. The first-order valence-corrected chi connectivity index (χ1v) is 4.19. The summed E-state index contributed by atoms with van der Waals surface area (Å²) >= 11 is 0.